The van der Waals surface area contributed by atoms with Crippen LogP contribution in [0.4, 0.5) is 16.8 Å². The SMILES string of the molecule is Cc1nc(Nc2ncc(C(N)=O)s2)cc(N2CC[C@@H](N)C2)n1. The number of thiazole rings is 1. The van der Waals surface area contributed by atoms with Crippen LogP contribution in [0.1, 0.15) is 21.9 Å². The second kappa shape index (κ2) is 5.85. The van der Waals surface area contributed by atoms with Crippen LogP contribution in [0, 0.1) is 6.92 Å². The molecular weight excluding hydrogens is 302 g/mol. The second-order valence-corrected chi connectivity index (χ2v) is 6.20. The fourth-order valence-corrected chi connectivity index (χ4v) is 3.00. The Labute approximate surface area is 131 Å². The van der Waals surface area contributed by atoms with Crippen LogP contribution in [0.25, 0.3) is 0 Å². The third-order valence-electron chi connectivity index (χ3n) is 3.36. The van der Waals surface area contributed by atoms with E-state index in [0.717, 1.165) is 25.3 Å². The highest BCUT2D eigenvalue weighted by Gasteiger charge is 2.21. The molecule has 1 atom stereocenters. The Balaban J connectivity index is 1.81. The molecule has 1 amide bonds. The van der Waals surface area contributed by atoms with Crippen LogP contribution in [0.2, 0.25) is 0 Å². The quantitative estimate of drug-likeness (QED) is 0.755. The first kappa shape index (κ1) is 14.7. The first-order valence-corrected chi connectivity index (χ1v) is 7.72. The zero-order valence-electron chi connectivity index (χ0n) is 12.1. The van der Waals surface area contributed by atoms with Crippen molar-refractivity contribution in [3.8, 4) is 0 Å². The molecule has 1 aliphatic rings. The Kier molecular flexibility index (Phi) is 3.90. The molecule has 1 aliphatic heterocycles. The first-order chi connectivity index (χ1) is 10.5. The lowest BCUT2D eigenvalue weighted by Gasteiger charge is -2.18. The van der Waals surface area contributed by atoms with Gasteiger partial charge < -0.3 is 21.7 Å². The van der Waals surface area contributed by atoms with Gasteiger partial charge in [0.05, 0.1) is 6.20 Å². The molecule has 22 heavy (non-hydrogen) atoms. The number of carbonyl (C=O) groups excluding carboxylic acids is 1. The number of nitrogens with one attached hydrogen (secondary N) is 1. The van der Waals surface area contributed by atoms with Crippen LogP contribution in [0.3, 0.4) is 0 Å². The van der Waals surface area contributed by atoms with Crippen molar-refractivity contribution in [1.82, 2.24) is 15.0 Å². The fourth-order valence-electron chi connectivity index (χ4n) is 2.33. The number of rotatable bonds is 4. The highest BCUT2D eigenvalue weighted by molar-refractivity contribution is 7.17. The molecule has 1 fully saturated rings. The minimum atomic E-state index is -0.490. The van der Waals surface area contributed by atoms with E-state index in [4.69, 9.17) is 11.5 Å². The number of hydrogen-bond acceptors (Lipinski definition) is 8. The largest absolute Gasteiger partial charge is 0.365 e. The van der Waals surface area contributed by atoms with Gasteiger partial charge in [-0.05, 0) is 13.3 Å². The number of aryl methyl sites for hydroxylation is 1. The van der Waals surface area contributed by atoms with Crippen molar-refractivity contribution >= 4 is 34.0 Å². The monoisotopic (exact) mass is 319 g/mol. The lowest BCUT2D eigenvalue weighted by Crippen LogP contribution is -2.27. The van der Waals surface area contributed by atoms with Gasteiger partial charge in [-0.1, -0.05) is 11.3 Å². The summed E-state index contributed by atoms with van der Waals surface area (Å²) in [6.45, 7) is 3.51. The number of anilines is 3. The number of nitrogens with two attached hydrogens (primary N) is 2. The lowest BCUT2D eigenvalue weighted by atomic mass is 10.3. The van der Waals surface area contributed by atoms with E-state index in [1.807, 2.05) is 13.0 Å². The molecule has 2 aromatic heterocycles. The van der Waals surface area contributed by atoms with Crippen LogP contribution in [0.5, 0.6) is 0 Å². The molecule has 0 saturated carbocycles. The van der Waals surface area contributed by atoms with Crippen LogP contribution >= 0.6 is 11.3 Å². The van der Waals surface area contributed by atoms with Crippen molar-refractivity contribution in [2.75, 3.05) is 23.3 Å². The molecule has 0 bridgehead atoms. The smallest absolute Gasteiger partial charge is 0.260 e. The van der Waals surface area contributed by atoms with Crippen molar-refractivity contribution in [2.24, 2.45) is 11.5 Å². The highest BCUT2D eigenvalue weighted by Crippen LogP contribution is 2.25. The Hall–Kier alpha value is -2.26. The number of primary amides is 1. The van der Waals surface area contributed by atoms with Gasteiger partial charge in [0.1, 0.15) is 22.3 Å². The van der Waals surface area contributed by atoms with Crippen molar-refractivity contribution in [3.05, 3.63) is 23.0 Å². The van der Waals surface area contributed by atoms with Gasteiger partial charge in [0.15, 0.2) is 5.13 Å². The summed E-state index contributed by atoms with van der Waals surface area (Å²) in [6, 6.07) is 2.04. The molecule has 0 unspecified atom stereocenters. The number of carbonyl (C=O) groups is 1. The Morgan fingerprint density at radius 3 is 2.95 bits per heavy atom. The average Bonchev–Trinajstić information content (AvgIpc) is 3.07. The summed E-state index contributed by atoms with van der Waals surface area (Å²) in [5.74, 6) is 1.64. The zero-order valence-corrected chi connectivity index (χ0v) is 12.9. The summed E-state index contributed by atoms with van der Waals surface area (Å²) in [7, 11) is 0. The second-order valence-electron chi connectivity index (χ2n) is 5.17. The van der Waals surface area contributed by atoms with Gasteiger partial charge in [-0.2, -0.15) is 0 Å². The van der Waals surface area contributed by atoms with Crippen LogP contribution in [0.15, 0.2) is 12.3 Å². The maximum absolute atomic E-state index is 11.1. The van der Waals surface area contributed by atoms with Gasteiger partial charge in [-0.25, -0.2) is 15.0 Å². The number of nitrogens with zero attached hydrogens (tertiary/aromatic N) is 4. The number of amides is 1. The molecule has 8 nitrogen and oxygen atoms in total. The zero-order chi connectivity index (χ0) is 15.7. The Bertz CT molecular complexity index is 701. The van der Waals surface area contributed by atoms with E-state index < -0.39 is 5.91 Å². The van der Waals surface area contributed by atoms with Gasteiger partial charge in [0, 0.05) is 25.2 Å². The number of hydrogen-bond donors (Lipinski definition) is 3. The van der Waals surface area contributed by atoms with Crippen molar-refractivity contribution in [3.63, 3.8) is 0 Å². The molecule has 2 aromatic rings. The first-order valence-electron chi connectivity index (χ1n) is 6.90. The highest BCUT2D eigenvalue weighted by atomic mass is 32.1. The molecule has 3 rings (SSSR count). The van der Waals surface area contributed by atoms with E-state index in [0.29, 0.717) is 21.7 Å². The maximum atomic E-state index is 11.1. The lowest BCUT2D eigenvalue weighted by molar-refractivity contribution is 0.100. The van der Waals surface area contributed by atoms with Gasteiger partial charge in [0.25, 0.3) is 5.91 Å². The normalized spacial score (nSPS) is 17.7. The third kappa shape index (κ3) is 3.15. The van der Waals surface area contributed by atoms with Gasteiger partial charge >= 0.3 is 0 Å². The minimum absolute atomic E-state index is 0.184. The van der Waals surface area contributed by atoms with Gasteiger partial charge in [0.2, 0.25) is 0 Å². The fraction of sp³-hybridized carbons (Fsp3) is 0.385. The molecule has 0 radical (unpaired) electrons. The van der Waals surface area contributed by atoms with Crippen LogP contribution < -0.4 is 21.7 Å². The van der Waals surface area contributed by atoms with Crippen molar-refractivity contribution < 1.29 is 4.79 Å². The molecule has 5 N–H and O–H groups in total. The molecule has 9 heteroatoms. The summed E-state index contributed by atoms with van der Waals surface area (Å²) in [5, 5.41) is 3.65. The number of aromatic nitrogens is 3. The topological polar surface area (TPSA) is 123 Å². The predicted molar refractivity (Wildman–Crippen MR) is 85.5 cm³/mol. The molecule has 0 spiro atoms. The minimum Gasteiger partial charge on any atom is -0.365 e. The van der Waals surface area contributed by atoms with E-state index >= 15 is 0 Å². The molecule has 3 heterocycles. The average molecular weight is 319 g/mol. The predicted octanol–water partition coefficient (Wildman–Crippen LogP) is 0.621. The van der Waals surface area contributed by atoms with E-state index in [9.17, 15) is 4.79 Å². The molecule has 0 aromatic carbocycles. The van der Waals surface area contributed by atoms with E-state index in [2.05, 4.69) is 25.2 Å². The maximum Gasteiger partial charge on any atom is 0.260 e. The molecule has 116 valence electrons. The standard InChI is InChI=1S/C13H17N7OS/c1-7-17-10(19-13-16-5-9(22-13)12(15)21)4-11(18-7)20-3-2-8(14)6-20/h4-5,8H,2-3,6,14H2,1H3,(H2,15,21)(H,16,17,18,19)/t8-/m1/s1. The Morgan fingerprint density at radius 2 is 2.32 bits per heavy atom. The van der Waals surface area contributed by atoms with E-state index in [-0.39, 0.29) is 6.04 Å². The Morgan fingerprint density at radius 1 is 1.50 bits per heavy atom. The van der Waals surface area contributed by atoms with E-state index in [1.165, 1.54) is 17.5 Å². The summed E-state index contributed by atoms with van der Waals surface area (Å²) < 4.78 is 0. The van der Waals surface area contributed by atoms with Gasteiger partial charge in [-0.3, -0.25) is 4.79 Å². The third-order valence-corrected chi connectivity index (χ3v) is 4.28. The molecule has 0 aliphatic carbocycles. The van der Waals surface area contributed by atoms with Crippen molar-refractivity contribution in [1.29, 1.82) is 0 Å². The molecule has 1 saturated heterocycles. The summed E-state index contributed by atoms with van der Waals surface area (Å²) in [6.07, 6.45) is 2.41. The summed E-state index contributed by atoms with van der Waals surface area (Å²) in [4.78, 5) is 26.6. The van der Waals surface area contributed by atoms with E-state index in [1.54, 1.807) is 0 Å². The van der Waals surface area contributed by atoms with Gasteiger partial charge in [-0.15, -0.1) is 0 Å². The van der Waals surface area contributed by atoms with Crippen LogP contribution in [-0.2, 0) is 0 Å². The summed E-state index contributed by atoms with van der Waals surface area (Å²) >= 11 is 1.19. The molecular formula is C13H17N7OS. The summed E-state index contributed by atoms with van der Waals surface area (Å²) in [5.41, 5.74) is 11.2. The van der Waals surface area contributed by atoms with Crippen molar-refractivity contribution in [2.45, 2.75) is 19.4 Å². The van der Waals surface area contributed by atoms with Crippen LogP contribution in [-0.4, -0.2) is 40.0 Å².